The number of carbonyl (C=O) groups is 1. The van der Waals surface area contributed by atoms with Gasteiger partial charge >= 0.3 is 0 Å². The van der Waals surface area contributed by atoms with Gasteiger partial charge in [0.2, 0.25) is 5.78 Å². The Balaban J connectivity index is 2.20. The van der Waals surface area contributed by atoms with Crippen molar-refractivity contribution in [1.29, 1.82) is 0 Å². The number of pyridine rings is 1. The molecule has 2 nitrogen and oxygen atoms in total. The molecule has 2 rings (SSSR count). The van der Waals surface area contributed by atoms with Crippen molar-refractivity contribution in [3.05, 3.63) is 65.2 Å². The van der Waals surface area contributed by atoms with Crippen LogP contribution in [-0.2, 0) is 6.42 Å². The summed E-state index contributed by atoms with van der Waals surface area (Å²) in [4.78, 5) is 15.8. The third kappa shape index (κ3) is 2.80. The maximum Gasteiger partial charge on any atom is 0.211 e. The first kappa shape index (κ1) is 12.4. The lowest BCUT2D eigenvalue weighted by atomic mass is 10.0. The van der Waals surface area contributed by atoms with E-state index in [1.54, 1.807) is 12.1 Å². The molecule has 0 unspecified atom stereocenters. The summed E-state index contributed by atoms with van der Waals surface area (Å²) in [5.74, 6) is -0.622. The lowest BCUT2D eigenvalue weighted by Crippen LogP contribution is -2.04. The number of halogens is 1. The Kier molecular flexibility index (Phi) is 3.82. The highest BCUT2D eigenvalue weighted by molar-refractivity contribution is 6.07. The largest absolute Gasteiger partial charge is 0.287 e. The van der Waals surface area contributed by atoms with E-state index in [-0.39, 0.29) is 11.5 Å². The fraction of sp³-hybridized carbons (Fsp3) is 0.200. The summed E-state index contributed by atoms with van der Waals surface area (Å²) in [6.45, 7) is 2.11. The van der Waals surface area contributed by atoms with E-state index < -0.39 is 5.82 Å². The lowest BCUT2D eigenvalue weighted by Gasteiger charge is -2.02. The van der Waals surface area contributed by atoms with Crippen LogP contribution in [0.3, 0.4) is 0 Å². The molecule has 0 aliphatic carbocycles. The molecule has 0 bridgehead atoms. The van der Waals surface area contributed by atoms with E-state index in [9.17, 15) is 9.18 Å². The van der Waals surface area contributed by atoms with Crippen molar-refractivity contribution in [3.63, 3.8) is 0 Å². The molecule has 0 spiro atoms. The van der Waals surface area contributed by atoms with Crippen LogP contribution in [0.1, 0.15) is 35.0 Å². The SMILES string of the molecule is CCCc1ccc(C(=O)c2ccc(F)cn2)cc1. The van der Waals surface area contributed by atoms with Crippen molar-refractivity contribution < 1.29 is 9.18 Å². The molecule has 1 aromatic carbocycles. The van der Waals surface area contributed by atoms with Crippen LogP contribution in [0.15, 0.2) is 42.6 Å². The molecule has 0 aliphatic rings. The highest BCUT2D eigenvalue weighted by Crippen LogP contribution is 2.11. The third-order valence-electron chi connectivity index (χ3n) is 2.71. The molecule has 92 valence electrons. The van der Waals surface area contributed by atoms with Gasteiger partial charge in [0.15, 0.2) is 0 Å². The molecule has 0 saturated heterocycles. The van der Waals surface area contributed by atoms with E-state index in [0.717, 1.165) is 19.0 Å². The molecule has 0 N–H and O–H groups in total. The van der Waals surface area contributed by atoms with Crippen LogP contribution in [0.5, 0.6) is 0 Å². The predicted molar refractivity (Wildman–Crippen MR) is 68.1 cm³/mol. The van der Waals surface area contributed by atoms with Gasteiger partial charge in [-0.2, -0.15) is 0 Å². The summed E-state index contributed by atoms with van der Waals surface area (Å²) in [6.07, 6.45) is 3.13. The van der Waals surface area contributed by atoms with Crippen molar-refractivity contribution >= 4 is 5.78 Å². The van der Waals surface area contributed by atoms with E-state index in [2.05, 4.69) is 11.9 Å². The zero-order valence-corrected chi connectivity index (χ0v) is 10.2. The lowest BCUT2D eigenvalue weighted by molar-refractivity contribution is 0.103. The van der Waals surface area contributed by atoms with Gasteiger partial charge in [-0.1, -0.05) is 37.6 Å². The zero-order valence-electron chi connectivity index (χ0n) is 10.2. The van der Waals surface area contributed by atoms with Gasteiger partial charge in [-0.25, -0.2) is 9.37 Å². The Hall–Kier alpha value is -2.03. The molecule has 18 heavy (non-hydrogen) atoms. The fourth-order valence-electron chi connectivity index (χ4n) is 1.77. The number of benzene rings is 1. The maximum absolute atomic E-state index is 12.7. The van der Waals surface area contributed by atoms with Gasteiger partial charge in [0.05, 0.1) is 6.20 Å². The Morgan fingerprint density at radius 3 is 2.44 bits per heavy atom. The second-order valence-corrected chi connectivity index (χ2v) is 4.14. The van der Waals surface area contributed by atoms with Crippen molar-refractivity contribution in [1.82, 2.24) is 4.98 Å². The van der Waals surface area contributed by atoms with Gasteiger partial charge in [-0.15, -0.1) is 0 Å². The molecular formula is C15H14FNO. The predicted octanol–water partition coefficient (Wildman–Crippen LogP) is 3.40. The Morgan fingerprint density at radius 2 is 1.89 bits per heavy atom. The molecule has 0 atom stereocenters. The quantitative estimate of drug-likeness (QED) is 0.770. The molecule has 0 amide bonds. The summed E-state index contributed by atoms with van der Waals surface area (Å²) >= 11 is 0. The Bertz CT molecular complexity index is 531. The monoisotopic (exact) mass is 243 g/mol. The third-order valence-corrected chi connectivity index (χ3v) is 2.71. The molecule has 1 aromatic heterocycles. The minimum absolute atomic E-state index is 0.182. The molecular weight excluding hydrogens is 229 g/mol. The highest BCUT2D eigenvalue weighted by atomic mass is 19.1. The standard InChI is InChI=1S/C15H14FNO/c1-2-3-11-4-6-12(7-5-11)15(18)14-9-8-13(16)10-17-14/h4-10H,2-3H2,1H3. The molecule has 3 heteroatoms. The molecule has 0 fully saturated rings. The van der Waals surface area contributed by atoms with E-state index in [4.69, 9.17) is 0 Å². The topological polar surface area (TPSA) is 30.0 Å². The molecule has 0 radical (unpaired) electrons. The number of hydrogen-bond donors (Lipinski definition) is 0. The van der Waals surface area contributed by atoms with E-state index in [1.807, 2.05) is 12.1 Å². The minimum atomic E-state index is -0.440. The summed E-state index contributed by atoms with van der Waals surface area (Å²) in [5, 5.41) is 0. The summed E-state index contributed by atoms with van der Waals surface area (Å²) in [7, 11) is 0. The first-order valence-corrected chi connectivity index (χ1v) is 5.96. The van der Waals surface area contributed by atoms with Crippen LogP contribution >= 0.6 is 0 Å². The zero-order chi connectivity index (χ0) is 13.0. The van der Waals surface area contributed by atoms with E-state index >= 15 is 0 Å². The smallest absolute Gasteiger partial charge is 0.211 e. The van der Waals surface area contributed by atoms with Crippen molar-refractivity contribution in [2.24, 2.45) is 0 Å². The number of aromatic nitrogens is 1. The van der Waals surface area contributed by atoms with E-state index in [0.29, 0.717) is 5.56 Å². The van der Waals surface area contributed by atoms with Gasteiger partial charge in [-0.05, 0) is 24.1 Å². The van der Waals surface area contributed by atoms with Crippen LogP contribution in [-0.4, -0.2) is 10.8 Å². The number of aryl methyl sites for hydroxylation is 1. The van der Waals surface area contributed by atoms with Gasteiger partial charge in [0.1, 0.15) is 11.5 Å². The average molecular weight is 243 g/mol. The highest BCUT2D eigenvalue weighted by Gasteiger charge is 2.10. The second kappa shape index (κ2) is 5.54. The summed E-state index contributed by atoms with van der Waals surface area (Å²) in [6, 6.07) is 10.1. The first-order chi connectivity index (χ1) is 8.70. The van der Waals surface area contributed by atoms with Gasteiger partial charge in [0.25, 0.3) is 0 Å². The number of carbonyl (C=O) groups excluding carboxylic acids is 1. The van der Waals surface area contributed by atoms with Crippen molar-refractivity contribution in [2.45, 2.75) is 19.8 Å². The van der Waals surface area contributed by atoms with Crippen LogP contribution in [0.2, 0.25) is 0 Å². The maximum atomic E-state index is 12.7. The molecule has 0 aliphatic heterocycles. The number of nitrogens with zero attached hydrogens (tertiary/aromatic N) is 1. The Labute approximate surface area is 105 Å². The normalized spacial score (nSPS) is 10.3. The average Bonchev–Trinajstić information content (AvgIpc) is 2.40. The second-order valence-electron chi connectivity index (χ2n) is 4.14. The molecule has 0 saturated carbocycles. The van der Waals surface area contributed by atoms with E-state index in [1.165, 1.54) is 17.7 Å². The van der Waals surface area contributed by atoms with Crippen LogP contribution in [0.4, 0.5) is 4.39 Å². The first-order valence-electron chi connectivity index (χ1n) is 5.96. The van der Waals surface area contributed by atoms with Gasteiger partial charge < -0.3 is 0 Å². The fourth-order valence-corrected chi connectivity index (χ4v) is 1.77. The molecule has 1 heterocycles. The summed E-state index contributed by atoms with van der Waals surface area (Å²) < 4.78 is 12.7. The number of hydrogen-bond acceptors (Lipinski definition) is 2. The van der Waals surface area contributed by atoms with Gasteiger partial charge in [0, 0.05) is 5.56 Å². The molecule has 2 aromatic rings. The van der Waals surface area contributed by atoms with Crippen molar-refractivity contribution in [2.75, 3.05) is 0 Å². The summed E-state index contributed by atoms with van der Waals surface area (Å²) in [5.41, 5.74) is 2.05. The Morgan fingerprint density at radius 1 is 1.17 bits per heavy atom. The van der Waals surface area contributed by atoms with Gasteiger partial charge in [-0.3, -0.25) is 4.79 Å². The number of ketones is 1. The number of rotatable bonds is 4. The van der Waals surface area contributed by atoms with Crippen LogP contribution in [0.25, 0.3) is 0 Å². The minimum Gasteiger partial charge on any atom is -0.287 e. The van der Waals surface area contributed by atoms with Crippen molar-refractivity contribution in [3.8, 4) is 0 Å². The van der Waals surface area contributed by atoms with Crippen LogP contribution in [0, 0.1) is 5.82 Å². The van der Waals surface area contributed by atoms with Crippen LogP contribution < -0.4 is 0 Å².